The summed E-state index contributed by atoms with van der Waals surface area (Å²) in [5, 5.41) is 9.11. The molecule has 2 aromatic carbocycles. The highest BCUT2D eigenvalue weighted by molar-refractivity contribution is 6.56. The van der Waals surface area contributed by atoms with Crippen LogP contribution >= 0.6 is 104 Å². The summed E-state index contributed by atoms with van der Waals surface area (Å²) < 4.78 is 12.8. The molecule has 0 aromatic heterocycles. The first kappa shape index (κ1) is 23.4. The molecule has 0 amide bonds. The Balaban J connectivity index is 0.000000257. The number of rotatable bonds is 1. The van der Waals surface area contributed by atoms with E-state index in [1.165, 1.54) is 6.07 Å². The van der Waals surface area contributed by atoms with Crippen LogP contribution in [0.25, 0.3) is 0 Å². The fourth-order valence-corrected chi connectivity index (χ4v) is 3.35. The molecule has 0 bridgehead atoms. The van der Waals surface area contributed by atoms with E-state index in [1.807, 2.05) is 0 Å². The van der Waals surface area contributed by atoms with Crippen molar-refractivity contribution in [2.75, 3.05) is 0 Å². The molecule has 2 aromatic rings. The third-order valence-corrected chi connectivity index (χ3v) is 6.21. The first-order chi connectivity index (χ1) is 11.4. The van der Waals surface area contributed by atoms with Crippen molar-refractivity contribution in [2.24, 2.45) is 0 Å². The third kappa shape index (κ3) is 5.22. The molecule has 2 rings (SSSR count). The smallest absolute Gasteiger partial charge is 0.258 e. The summed E-state index contributed by atoms with van der Waals surface area (Å²) in [4.78, 5) is 9.76. The monoisotopic (exact) mass is 525 g/mol. The molecule has 136 valence electrons. The Bertz CT molecular complexity index is 804. The molecule has 0 unspecified atom stereocenters. The molecule has 0 radical (unpaired) electrons. The Morgan fingerprint density at radius 2 is 1.00 bits per heavy atom. The van der Waals surface area contributed by atoms with Crippen molar-refractivity contribution in [3.63, 3.8) is 0 Å². The van der Waals surface area contributed by atoms with Crippen molar-refractivity contribution in [2.45, 2.75) is 0 Å². The first-order valence-corrected chi connectivity index (χ1v) is 8.96. The van der Waals surface area contributed by atoms with Gasteiger partial charge in [0.05, 0.1) is 40.1 Å². The Morgan fingerprint density at radius 3 is 1.32 bits per heavy atom. The van der Waals surface area contributed by atoms with E-state index in [0.717, 1.165) is 0 Å². The molecule has 3 nitrogen and oxygen atoms in total. The summed E-state index contributed by atoms with van der Waals surface area (Å²) in [7, 11) is 0. The van der Waals surface area contributed by atoms with Crippen molar-refractivity contribution < 1.29 is 9.31 Å². The van der Waals surface area contributed by atoms with Crippen LogP contribution in [0.1, 0.15) is 0 Å². The van der Waals surface area contributed by atoms with E-state index < -0.39 is 16.4 Å². The van der Waals surface area contributed by atoms with Crippen LogP contribution < -0.4 is 0 Å². The second-order valence-corrected chi connectivity index (χ2v) is 7.42. The quantitative estimate of drug-likeness (QED) is 0.160. The van der Waals surface area contributed by atoms with Gasteiger partial charge in [0.1, 0.15) is 10.0 Å². The number of nitrogens with zero attached hydrogens (tertiary/aromatic N) is 1. The molecule has 0 aliphatic heterocycles. The lowest BCUT2D eigenvalue weighted by Gasteiger charge is -2.05. The standard InChI is InChI=1S/C6Cl5NO2.C6HCl4F/c7-1-2(8)4(10)6(12(13)14)5(11)3(1)9;7-2-1-3(8)5(10)6(11)4(2)9/h;1H. The average Bonchev–Trinajstić information content (AvgIpc) is 2.55. The summed E-state index contributed by atoms with van der Waals surface area (Å²) in [6.07, 6.45) is 0. The predicted molar refractivity (Wildman–Crippen MR) is 105 cm³/mol. The number of benzene rings is 2. The van der Waals surface area contributed by atoms with Crippen LogP contribution in [0, 0.1) is 15.9 Å². The lowest BCUT2D eigenvalue weighted by atomic mass is 10.3. The Morgan fingerprint density at radius 1 is 0.680 bits per heavy atom. The van der Waals surface area contributed by atoms with Gasteiger partial charge in [0.2, 0.25) is 0 Å². The second-order valence-electron chi connectivity index (χ2n) is 3.96. The molecule has 0 fully saturated rings. The van der Waals surface area contributed by atoms with E-state index >= 15 is 0 Å². The van der Waals surface area contributed by atoms with E-state index in [9.17, 15) is 14.5 Å². The number of halogens is 10. The lowest BCUT2D eigenvalue weighted by molar-refractivity contribution is -0.384. The van der Waals surface area contributed by atoms with Gasteiger partial charge in [0.25, 0.3) is 0 Å². The van der Waals surface area contributed by atoms with Gasteiger partial charge >= 0.3 is 5.69 Å². The van der Waals surface area contributed by atoms with Crippen LogP contribution in [-0.4, -0.2) is 4.92 Å². The van der Waals surface area contributed by atoms with E-state index in [1.54, 1.807) is 0 Å². The van der Waals surface area contributed by atoms with Gasteiger partial charge < -0.3 is 0 Å². The Labute approximate surface area is 185 Å². The highest BCUT2D eigenvalue weighted by Crippen LogP contribution is 2.47. The van der Waals surface area contributed by atoms with E-state index in [4.69, 9.17) is 104 Å². The third-order valence-electron chi connectivity index (χ3n) is 2.43. The number of nitro groups is 1. The topological polar surface area (TPSA) is 43.1 Å². The van der Waals surface area contributed by atoms with Gasteiger partial charge in [-0.25, -0.2) is 4.39 Å². The minimum Gasteiger partial charge on any atom is -0.258 e. The maximum absolute atomic E-state index is 12.8. The Hall–Kier alpha value is 0.380. The zero-order chi connectivity index (χ0) is 19.6. The van der Waals surface area contributed by atoms with E-state index in [0.29, 0.717) is 0 Å². The van der Waals surface area contributed by atoms with Gasteiger partial charge in [-0.1, -0.05) is 104 Å². The second kappa shape index (κ2) is 9.54. The SMILES string of the molecule is Fc1c(Cl)c(Cl)cc(Cl)c1Cl.O=[N+]([O-])c1c(Cl)c(Cl)c(Cl)c(Cl)c1Cl. The molecule has 0 spiro atoms. The van der Waals surface area contributed by atoms with Crippen LogP contribution in [0.15, 0.2) is 6.07 Å². The number of hydrogen-bond donors (Lipinski definition) is 0. The van der Waals surface area contributed by atoms with Crippen molar-refractivity contribution in [3.05, 3.63) is 67.2 Å². The highest BCUT2D eigenvalue weighted by Gasteiger charge is 2.27. The molecule has 0 N–H and O–H groups in total. The van der Waals surface area contributed by atoms with Crippen molar-refractivity contribution in [1.82, 2.24) is 0 Å². The molecule has 13 heteroatoms. The summed E-state index contributed by atoms with van der Waals surface area (Å²) in [5.74, 6) is -0.786. The first-order valence-electron chi connectivity index (χ1n) is 5.56. The maximum atomic E-state index is 12.8. The summed E-state index contributed by atoms with van der Waals surface area (Å²) in [6, 6.07) is 1.29. The summed E-state index contributed by atoms with van der Waals surface area (Å²) in [6.45, 7) is 0. The minimum absolute atomic E-state index is 0.0542. The zero-order valence-corrected chi connectivity index (χ0v) is 17.9. The fraction of sp³-hybridized carbons (Fsp3) is 0. The van der Waals surface area contributed by atoms with Gasteiger partial charge in [0, 0.05) is 0 Å². The normalized spacial score (nSPS) is 10.3. The van der Waals surface area contributed by atoms with Crippen LogP contribution in [0.3, 0.4) is 0 Å². The molecule has 0 saturated heterocycles. The van der Waals surface area contributed by atoms with Gasteiger partial charge in [-0.05, 0) is 6.07 Å². The summed E-state index contributed by atoms with van der Waals surface area (Å²) >= 11 is 49.7. The van der Waals surface area contributed by atoms with Gasteiger partial charge in [0.15, 0.2) is 5.82 Å². The zero-order valence-electron chi connectivity index (χ0n) is 11.1. The number of hydrogen-bond acceptors (Lipinski definition) is 2. The number of nitro benzene ring substituents is 1. The lowest BCUT2D eigenvalue weighted by Crippen LogP contribution is -1.92. The molecule has 0 aliphatic carbocycles. The van der Waals surface area contributed by atoms with Gasteiger partial charge in [-0.3, -0.25) is 10.1 Å². The van der Waals surface area contributed by atoms with Crippen LogP contribution in [-0.2, 0) is 0 Å². The average molecular weight is 529 g/mol. The van der Waals surface area contributed by atoms with Crippen molar-refractivity contribution >= 4 is 110 Å². The van der Waals surface area contributed by atoms with E-state index in [-0.39, 0.29) is 45.2 Å². The van der Waals surface area contributed by atoms with Crippen molar-refractivity contribution in [1.29, 1.82) is 0 Å². The van der Waals surface area contributed by atoms with Crippen LogP contribution in [0.4, 0.5) is 10.1 Å². The molecule has 0 heterocycles. The molecule has 0 saturated carbocycles. The molecular weight excluding hydrogens is 528 g/mol. The molecule has 25 heavy (non-hydrogen) atoms. The Kier molecular flexibility index (Phi) is 8.93. The van der Waals surface area contributed by atoms with Crippen LogP contribution in [0.5, 0.6) is 0 Å². The molecule has 0 aliphatic rings. The van der Waals surface area contributed by atoms with Crippen LogP contribution in [0.2, 0.25) is 45.2 Å². The fourth-order valence-electron chi connectivity index (χ4n) is 1.30. The molecule has 0 atom stereocenters. The predicted octanol–water partition coefficient (Wildman–Crippen LogP) is 9.30. The highest BCUT2D eigenvalue weighted by atomic mass is 35.5. The van der Waals surface area contributed by atoms with E-state index in [2.05, 4.69) is 0 Å². The largest absolute Gasteiger partial charge is 0.309 e. The molecular formula is C12HCl9FNO2. The van der Waals surface area contributed by atoms with Crippen molar-refractivity contribution in [3.8, 4) is 0 Å². The summed E-state index contributed by atoms with van der Waals surface area (Å²) in [5.41, 5.74) is -0.548. The maximum Gasteiger partial charge on any atom is 0.309 e. The van der Waals surface area contributed by atoms with Gasteiger partial charge in [-0.2, -0.15) is 0 Å². The van der Waals surface area contributed by atoms with Gasteiger partial charge in [-0.15, -0.1) is 0 Å². The minimum atomic E-state index is -0.786.